The Kier molecular flexibility index (Phi) is 2.51. The number of hydrogen-bond donors (Lipinski definition) is 2. The van der Waals surface area contributed by atoms with Crippen molar-refractivity contribution < 1.29 is 9.50 Å². The number of rotatable bonds is 2. The molecule has 0 fully saturated rings. The minimum Gasteiger partial charge on any atom is -0.396 e. The fraction of sp³-hybridized carbons (Fsp3) is 0.182. The van der Waals surface area contributed by atoms with Gasteiger partial charge in [0, 0.05) is 18.1 Å². The van der Waals surface area contributed by atoms with Crippen molar-refractivity contribution in [1.29, 1.82) is 0 Å². The molecule has 15 heavy (non-hydrogen) atoms. The van der Waals surface area contributed by atoms with Crippen LogP contribution in [0.1, 0.15) is 5.56 Å². The van der Waals surface area contributed by atoms with E-state index in [-0.39, 0.29) is 18.0 Å². The van der Waals surface area contributed by atoms with Crippen molar-refractivity contribution in [2.75, 3.05) is 6.61 Å². The maximum atomic E-state index is 12.9. The smallest absolute Gasteiger partial charge is 0.248 e. The zero-order valence-electron chi connectivity index (χ0n) is 7.96. The predicted molar refractivity (Wildman–Crippen MR) is 55.3 cm³/mol. The summed E-state index contributed by atoms with van der Waals surface area (Å²) in [6, 6.07) is 5.64. The van der Waals surface area contributed by atoms with Crippen molar-refractivity contribution in [1.82, 2.24) is 4.98 Å². The van der Waals surface area contributed by atoms with Gasteiger partial charge in [-0.3, -0.25) is 4.79 Å². The number of benzene rings is 1. The van der Waals surface area contributed by atoms with Crippen molar-refractivity contribution >= 4 is 10.9 Å². The van der Waals surface area contributed by atoms with Gasteiger partial charge in [-0.2, -0.15) is 0 Å². The van der Waals surface area contributed by atoms with Crippen molar-refractivity contribution in [2.24, 2.45) is 0 Å². The number of H-pyrrole nitrogens is 1. The number of aliphatic hydroxyl groups is 1. The second-order valence-corrected chi connectivity index (χ2v) is 3.32. The summed E-state index contributed by atoms with van der Waals surface area (Å²) in [6.07, 6.45) is 0.395. The van der Waals surface area contributed by atoms with Crippen molar-refractivity contribution in [2.45, 2.75) is 6.42 Å². The topological polar surface area (TPSA) is 53.1 Å². The first-order chi connectivity index (χ1) is 7.20. The van der Waals surface area contributed by atoms with Gasteiger partial charge in [-0.15, -0.1) is 0 Å². The quantitative estimate of drug-likeness (QED) is 0.777. The van der Waals surface area contributed by atoms with E-state index in [1.807, 2.05) is 0 Å². The third kappa shape index (κ3) is 1.89. The predicted octanol–water partition coefficient (Wildman–Crippen LogP) is 1.20. The average molecular weight is 207 g/mol. The van der Waals surface area contributed by atoms with Gasteiger partial charge in [0.15, 0.2) is 0 Å². The van der Waals surface area contributed by atoms with Crippen LogP contribution in [-0.2, 0) is 6.42 Å². The fourth-order valence-corrected chi connectivity index (χ4v) is 1.63. The lowest BCUT2D eigenvalue weighted by Crippen LogP contribution is -2.07. The second-order valence-electron chi connectivity index (χ2n) is 3.32. The van der Waals surface area contributed by atoms with Crippen LogP contribution >= 0.6 is 0 Å². The van der Waals surface area contributed by atoms with Crippen LogP contribution < -0.4 is 5.56 Å². The molecule has 0 aliphatic rings. The monoisotopic (exact) mass is 207 g/mol. The highest BCUT2D eigenvalue weighted by Crippen LogP contribution is 2.16. The number of pyridine rings is 1. The zero-order chi connectivity index (χ0) is 10.8. The van der Waals surface area contributed by atoms with Gasteiger partial charge >= 0.3 is 0 Å². The van der Waals surface area contributed by atoms with Gasteiger partial charge in [0.05, 0.1) is 5.52 Å². The molecule has 1 heterocycles. The lowest BCUT2D eigenvalue weighted by Gasteiger charge is -2.04. The first-order valence-corrected chi connectivity index (χ1v) is 4.63. The molecule has 78 valence electrons. The van der Waals surface area contributed by atoms with Gasteiger partial charge in [-0.1, -0.05) is 0 Å². The van der Waals surface area contributed by atoms with E-state index in [0.29, 0.717) is 11.9 Å². The first-order valence-electron chi connectivity index (χ1n) is 4.63. The van der Waals surface area contributed by atoms with Crippen LogP contribution in [0.25, 0.3) is 10.9 Å². The van der Waals surface area contributed by atoms with E-state index >= 15 is 0 Å². The van der Waals surface area contributed by atoms with Crippen LogP contribution in [0.3, 0.4) is 0 Å². The van der Waals surface area contributed by atoms with Crippen molar-refractivity contribution in [3.8, 4) is 0 Å². The highest BCUT2D eigenvalue weighted by Gasteiger charge is 2.03. The normalized spacial score (nSPS) is 10.8. The largest absolute Gasteiger partial charge is 0.396 e. The molecule has 0 aliphatic heterocycles. The number of fused-ring (bicyclic) bond motifs is 1. The molecule has 0 spiro atoms. The maximum absolute atomic E-state index is 12.9. The maximum Gasteiger partial charge on any atom is 0.248 e. The van der Waals surface area contributed by atoms with E-state index in [2.05, 4.69) is 4.98 Å². The molecule has 0 saturated carbocycles. The number of nitrogens with one attached hydrogen (secondary N) is 1. The van der Waals surface area contributed by atoms with Crippen LogP contribution in [0.15, 0.2) is 29.1 Å². The van der Waals surface area contributed by atoms with Crippen LogP contribution in [0, 0.1) is 5.82 Å². The number of halogens is 1. The summed E-state index contributed by atoms with van der Waals surface area (Å²) in [4.78, 5) is 13.8. The Balaban J connectivity index is 2.74. The Hall–Kier alpha value is -1.68. The molecular weight excluding hydrogens is 197 g/mol. The van der Waals surface area contributed by atoms with Crippen LogP contribution in [0.5, 0.6) is 0 Å². The highest BCUT2D eigenvalue weighted by molar-refractivity contribution is 5.81. The van der Waals surface area contributed by atoms with Gasteiger partial charge < -0.3 is 10.1 Å². The van der Waals surface area contributed by atoms with E-state index in [0.717, 1.165) is 10.9 Å². The standard InChI is InChI=1S/C11H10FNO2/c12-8-1-2-9-7(3-4-14)5-11(15)13-10(9)6-8/h1-2,5-6,14H,3-4H2,(H,13,15). The van der Waals surface area contributed by atoms with Gasteiger partial charge in [0.1, 0.15) is 5.82 Å². The van der Waals surface area contributed by atoms with Gasteiger partial charge in [-0.25, -0.2) is 4.39 Å². The van der Waals surface area contributed by atoms with Crippen molar-refractivity contribution in [3.63, 3.8) is 0 Å². The minimum atomic E-state index is -0.390. The molecule has 3 nitrogen and oxygen atoms in total. The molecule has 0 amide bonds. The summed E-state index contributed by atoms with van der Waals surface area (Å²) in [5, 5.41) is 9.61. The molecule has 1 aromatic heterocycles. The van der Waals surface area contributed by atoms with Crippen LogP contribution in [0.4, 0.5) is 4.39 Å². The Bertz CT molecular complexity index is 548. The molecular formula is C11H10FNO2. The van der Waals surface area contributed by atoms with Crippen LogP contribution in [-0.4, -0.2) is 16.7 Å². The van der Waals surface area contributed by atoms with Crippen LogP contribution in [0.2, 0.25) is 0 Å². The SMILES string of the molecule is O=c1cc(CCO)c2ccc(F)cc2[nH]1. The van der Waals surface area contributed by atoms with E-state index in [4.69, 9.17) is 5.11 Å². The first kappa shape index (κ1) is 9.86. The summed E-state index contributed by atoms with van der Waals surface area (Å²) < 4.78 is 12.9. The lowest BCUT2D eigenvalue weighted by atomic mass is 10.1. The molecule has 0 atom stereocenters. The lowest BCUT2D eigenvalue weighted by molar-refractivity contribution is 0.300. The molecule has 4 heteroatoms. The van der Waals surface area contributed by atoms with E-state index in [1.165, 1.54) is 18.2 Å². The molecule has 0 saturated heterocycles. The third-order valence-electron chi connectivity index (χ3n) is 2.27. The summed E-state index contributed by atoms with van der Waals surface area (Å²) in [5.74, 6) is -0.390. The minimum absolute atomic E-state index is 0.0318. The fourth-order valence-electron chi connectivity index (χ4n) is 1.63. The van der Waals surface area contributed by atoms with Gasteiger partial charge in [-0.05, 0) is 30.2 Å². The highest BCUT2D eigenvalue weighted by atomic mass is 19.1. The third-order valence-corrected chi connectivity index (χ3v) is 2.27. The van der Waals surface area contributed by atoms with Crippen molar-refractivity contribution in [3.05, 3.63) is 46.0 Å². The second kappa shape index (κ2) is 3.82. The van der Waals surface area contributed by atoms with E-state index < -0.39 is 0 Å². The molecule has 0 bridgehead atoms. The Morgan fingerprint density at radius 2 is 2.13 bits per heavy atom. The Labute approximate surface area is 85.2 Å². The molecule has 1 aromatic carbocycles. The number of aromatic amines is 1. The molecule has 2 aromatic rings. The Morgan fingerprint density at radius 3 is 2.87 bits per heavy atom. The summed E-state index contributed by atoms with van der Waals surface area (Å²) in [7, 11) is 0. The Morgan fingerprint density at radius 1 is 1.33 bits per heavy atom. The van der Waals surface area contributed by atoms with Gasteiger partial charge in [0.25, 0.3) is 0 Å². The zero-order valence-corrected chi connectivity index (χ0v) is 7.96. The molecule has 0 aliphatic carbocycles. The summed E-state index contributed by atoms with van der Waals surface area (Å²) >= 11 is 0. The summed E-state index contributed by atoms with van der Waals surface area (Å²) in [5.41, 5.74) is 0.916. The van der Waals surface area contributed by atoms with Gasteiger partial charge in [0.2, 0.25) is 5.56 Å². The summed E-state index contributed by atoms with van der Waals surface area (Å²) in [6.45, 7) is -0.0318. The van der Waals surface area contributed by atoms with E-state index in [1.54, 1.807) is 6.07 Å². The molecule has 0 unspecified atom stereocenters. The molecule has 2 rings (SSSR count). The molecule has 0 radical (unpaired) electrons. The number of aromatic nitrogens is 1. The molecule has 2 N–H and O–H groups in total. The average Bonchev–Trinajstić information content (AvgIpc) is 2.17. The number of hydrogen-bond acceptors (Lipinski definition) is 2. The number of aliphatic hydroxyl groups excluding tert-OH is 1. The van der Waals surface area contributed by atoms with E-state index in [9.17, 15) is 9.18 Å².